The highest BCUT2D eigenvalue weighted by Crippen LogP contribution is 2.12. The number of amides is 1. The van der Waals surface area contributed by atoms with E-state index in [9.17, 15) is 4.79 Å². The molecule has 1 aromatic rings. The molecule has 0 bridgehead atoms. The van der Waals surface area contributed by atoms with Gasteiger partial charge in [0.2, 0.25) is 0 Å². The van der Waals surface area contributed by atoms with Crippen molar-refractivity contribution < 1.29 is 4.79 Å². The molecule has 5 heteroatoms. The van der Waals surface area contributed by atoms with Gasteiger partial charge in [0.1, 0.15) is 0 Å². The number of carbonyl (C=O) groups excluding carboxylic acids is 1. The lowest BCUT2D eigenvalue weighted by atomic mass is 10.0. The summed E-state index contributed by atoms with van der Waals surface area (Å²) in [5, 5.41) is 2.99. The number of carbonyl (C=O) groups is 1. The van der Waals surface area contributed by atoms with Crippen molar-refractivity contribution in [1.29, 1.82) is 0 Å². The molecule has 0 spiro atoms. The summed E-state index contributed by atoms with van der Waals surface area (Å²) in [6.45, 7) is 4.73. The minimum Gasteiger partial charge on any atom is -0.348 e. The molecule has 1 atom stereocenters. The first-order valence-corrected chi connectivity index (χ1v) is 6.88. The molecule has 3 N–H and O–H groups in total. The van der Waals surface area contributed by atoms with Crippen LogP contribution in [0.5, 0.6) is 0 Å². The third-order valence-corrected chi connectivity index (χ3v) is 3.43. The molecular weight excluding hydrogens is 363 g/mol. The zero-order valence-electron chi connectivity index (χ0n) is 10.7. The fraction of sp³-hybridized carbons (Fsp3) is 0.462. The van der Waals surface area contributed by atoms with Gasteiger partial charge in [-0.15, -0.1) is 12.4 Å². The Bertz CT molecular complexity index is 385. The van der Waals surface area contributed by atoms with Crippen LogP contribution in [0.2, 0.25) is 0 Å². The Kier molecular flexibility index (Phi) is 8.56. The lowest BCUT2D eigenvalue weighted by Gasteiger charge is -2.19. The average molecular weight is 383 g/mol. The molecule has 18 heavy (non-hydrogen) atoms. The van der Waals surface area contributed by atoms with Gasteiger partial charge < -0.3 is 11.1 Å². The van der Waals surface area contributed by atoms with Gasteiger partial charge in [-0.25, -0.2) is 0 Å². The van der Waals surface area contributed by atoms with Crippen LogP contribution in [0.4, 0.5) is 0 Å². The van der Waals surface area contributed by atoms with E-state index in [4.69, 9.17) is 5.73 Å². The number of benzene rings is 1. The van der Waals surface area contributed by atoms with Crippen molar-refractivity contribution in [3.63, 3.8) is 0 Å². The summed E-state index contributed by atoms with van der Waals surface area (Å²) in [6, 6.07) is 7.61. The molecule has 3 nitrogen and oxygen atoms in total. The van der Waals surface area contributed by atoms with E-state index in [-0.39, 0.29) is 24.4 Å². The number of halogens is 2. The minimum atomic E-state index is -0.0360. The van der Waals surface area contributed by atoms with E-state index in [2.05, 4.69) is 41.8 Å². The van der Waals surface area contributed by atoms with Crippen LogP contribution in [0.25, 0.3) is 0 Å². The highest BCUT2D eigenvalue weighted by molar-refractivity contribution is 14.1. The Morgan fingerprint density at radius 2 is 2.00 bits per heavy atom. The summed E-state index contributed by atoms with van der Waals surface area (Å²) in [6.07, 6.45) is 0.908. The summed E-state index contributed by atoms with van der Waals surface area (Å²) >= 11 is 2.17. The van der Waals surface area contributed by atoms with Gasteiger partial charge in [-0.3, -0.25) is 4.79 Å². The minimum absolute atomic E-state index is 0. The maximum Gasteiger partial charge on any atom is 0.252 e. The molecule has 0 saturated carbocycles. The second-order valence-corrected chi connectivity index (χ2v) is 5.68. The topological polar surface area (TPSA) is 55.1 Å². The zero-order chi connectivity index (χ0) is 12.8. The van der Waals surface area contributed by atoms with Crippen LogP contribution in [0.1, 0.15) is 30.6 Å². The SMILES string of the molecule is CC(C)CC(CN)NC(=O)c1ccccc1I.Cl. The van der Waals surface area contributed by atoms with Gasteiger partial charge in [-0.1, -0.05) is 26.0 Å². The zero-order valence-corrected chi connectivity index (χ0v) is 13.6. The smallest absolute Gasteiger partial charge is 0.252 e. The average Bonchev–Trinajstić information content (AvgIpc) is 2.27. The summed E-state index contributed by atoms with van der Waals surface area (Å²) < 4.78 is 0.961. The van der Waals surface area contributed by atoms with Crippen LogP contribution in [0.3, 0.4) is 0 Å². The van der Waals surface area contributed by atoms with Crippen LogP contribution in [0.15, 0.2) is 24.3 Å². The first-order chi connectivity index (χ1) is 8.04. The fourth-order valence-electron chi connectivity index (χ4n) is 1.69. The summed E-state index contributed by atoms with van der Waals surface area (Å²) in [5.74, 6) is 0.491. The number of hydrogen-bond acceptors (Lipinski definition) is 2. The van der Waals surface area contributed by atoms with E-state index in [1.165, 1.54) is 0 Å². The normalized spacial score (nSPS) is 11.8. The molecule has 0 aromatic heterocycles. The van der Waals surface area contributed by atoms with Gasteiger partial charge in [-0.2, -0.15) is 0 Å². The highest BCUT2D eigenvalue weighted by atomic mass is 127. The van der Waals surface area contributed by atoms with Crippen molar-refractivity contribution in [3.8, 4) is 0 Å². The maximum absolute atomic E-state index is 12.0. The molecule has 0 saturated heterocycles. The van der Waals surface area contributed by atoms with E-state index in [0.29, 0.717) is 12.5 Å². The predicted octanol–water partition coefficient (Wildman–Crippen LogP) is 2.82. The van der Waals surface area contributed by atoms with Gasteiger partial charge in [0, 0.05) is 16.2 Å². The Morgan fingerprint density at radius 3 is 2.50 bits per heavy atom. The van der Waals surface area contributed by atoms with Gasteiger partial charge in [0.15, 0.2) is 0 Å². The second kappa shape index (κ2) is 8.72. The van der Waals surface area contributed by atoms with Crippen LogP contribution in [0, 0.1) is 9.49 Å². The van der Waals surface area contributed by atoms with Gasteiger partial charge >= 0.3 is 0 Å². The van der Waals surface area contributed by atoms with Gasteiger partial charge in [0.05, 0.1) is 5.56 Å². The molecular formula is C13H20ClIN2O. The predicted molar refractivity (Wildman–Crippen MR) is 86.2 cm³/mol. The number of nitrogens with two attached hydrogens (primary N) is 1. The van der Waals surface area contributed by atoms with Crippen LogP contribution in [-0.2, 0) is 0 Å². The van der Waals surface area contributed by atoms with E-state index < -0.39 is 0 Å². The summed E-state index contributed by atoms with van der Waals surface area (Å²) in [5.41, 5.74) is 6.39. The number of rotatable bonds is 5. The maximum atomic E-state index is 12.0. The van der Waals surface area contributed by atoms with Crippen molar-refractivity contribution in [2.45, 2.75) is 26.3 Å². The van der Waals surface area contributed by atoms with E-state index >= 15 is 0 Å². The Hall–Kier alpha value is -0.330. The molecule has 1 unspecified atom stereocenters. The van der Waals surface area contributed by atoms with Crippen molar-refractivity contribution in [2.24, 2.45) is 11.7 Å². The lowest BCUT2D eigenvalue weighted by Crippen LogP contribution is -2.41. The molecule has 0 aliphatic heterocycles. The second-order valence-electron chi connectivity index (χ2n) is 4.52. The third kappa shape index (κ3) is 5.54. The Balaban J connectivity index is 0.00000289. The largest absolute Gasteiger partial charge is 0.348 e. The fourth-order valence-corrected chi connectivity index (χ4v) is 2.32. The van der Waals surface area contributed by atoms with Crippen LogP contribution >= 0.6 is 35.0 Å². The molecule has 0 aliphatic carbocycles. The summed E-state index contributed by atoms with van der Waals surface area (Å²) in [7, 11) is 0. The van der Waals surface area contributed by atoms with E-state index in [1.54, 1.807) is 0 Å². The molecule has 102 valence electrons. The number of nitrogens with one attached hydrogen (secondary N) is 1. The molecule has 0 radical (unpaired) electrons. The van der Waals surface area contributed by atoms with Crippen LogP contribution in [-0.4, -0.2) is 18.5 Å². The Morgan fingerprint density at radius 1 is 1.39 bits per heavy atom. The lowest BCUT2D eigenvalue weighted by molar-refractivity contribution is 0.0933. The molecule has 0 heterocycles. The van der Waals surface area contributed by atoms with Crippen molar-refractivity contribution in [3.05, 3.63) is 33.4 Å². The van der Waals surface area contributed by atoms with Gasteiger partial charge in [-0.05, 0) is 47.1 Å². The first kappa shape index (κ1) is 17.7. The Labute approximate surface area is 128 Å². The van der Waals surface area contributed by atoms with Crippen molar-refractivity contribution in [1.82, 2.24) is 5.32 Å². The molecule has 1 aromatic carbocycles. The molecule has 0 fully saturated rings. The van der Waals surface area contributed by atoms with Crippen molar-refractivity contribution in [2.75, 3.05) is 6.54 Å². The van der Waals surface area contributed by atoms with E-state index in [0.717, 1.165) is 15.6 Å². The van der Waals surface area contributed by atoms with E-state index in [1.807, 2.05) is 24.3 Å². The standard InChI is InChI=1S/C13H19IN2O.ClH/c1-9(2)7-10(8-15)16-13(17)11-5-3-4-6-12(11)14;/h3-6,9-10H,7-8,15H2,1-2H3,(H,16,17);1H. The highest BCUT2D eigenvalue weighted by Gasteiger charge is 2.15. The molecule has 1 rings (SSSR count). The quantitative estimate of drug-likeness (QED) is 0.770. The molecule has 0 aliphatic rings. The summed E-state index contributed by atoms with van der Waals surface area (Å²) in [4.78, 5) is 12.0. The first-order valence-electron chi connectivity index (χ1n) is 5.80. The third-order valence-electron chi connectivity index (χ3n) is 2.49. The number of hydrogen-bond donors (Lipinski definition) is 2. The monoisotopic (exact) mass is 382 g/mol. The van der Waals surface area contributed by atoms with Gasteiger partial charge in [0.25, 0.3) is 5.91 Å². The van der Waals surface area contributed by atoms with Crippen LogP contribution < -0.4 is 11.1 Å². The van der Waals surface area contributed by atoms with Crippen molar-refractivity contribution >= 4 is 40.9 Å². The molecule has 1 amide bonds.